The Balaban J connectivity index is 2.14. The largest absolute Gasteiger partial charge is 0.495 e. The molecule has 1 aromatic rings. The zero-order chi connectivity index (χ0) is 25.1. The normalized spacial score (nSPS) is 24.8. The number of thiocarbonyl (C=S) groups is 1. The molecule has 2 aliphatic rings. The first kappa shape index (κ1) is 26.0. The summed E-state index contributed by atoms with van der Waals surface area (Å²) in [4.78, 5) is 24.7. The molecule has 188 valence electrons. The van der Waals surface area contributed by atoms with E-state index in [2.05, 4.69) is 20.7 Å². The molecule has 10 nitrogen and oxygen atoms in total. The summed E-state index contributed by atoms with van der Waals surface area (Å²) in [6, 6.07) is 2.46. The van der Waals surface area contributed by atoms with Crippen LogP contribution in [0.25, 0.3) is 0 Å². The van der Waals surface area contributed by atoms with E-state index in [0.717, 1.165) is 0 Å². The molecule has 2 aliphatic heterocycles. The number of ether oxygens (including phenoxy) is 2. The third-order valence-corrected chi connectivity index (χ3v) is 8.64. The molecule has 4 unspecified atom stereocenters. The summed E-state index contributed by atoms with van der Waals surface area (Å²) in [5, 5.41) is 8.55. The van der Waals surface area contributed by atoms with E-state index in [-0.39, 0.29) is 33.5 Å². The van der Waals surface area contributed by atoms with Gasteiger partial charge in [0, 0.05) is 30.6 Å². The number of carbonyl (C=O) groups excluding carboxylic acids is 2. The highest BCUT2D eigenvalue weighted by atomic mass is 32.2. The van der Waals surface area contributed by atoms with Crippen LogP contribution >= 0.6 is 12.2 Å². The van der Waals surface area contributed by atoms with Gasteiger partial charge in [-0.25, -0.2) is 8.42 Å². The number of nitrogens with one attached hydrogen (secondary N) is 4. The monoisotopic (exact) mass is 512 g/mol. The Bertz CT molecular complexity index is 1060. The van der Waals surface area contributed by atoms with Crippen LogP contribution in [0.3, 0.4) is 0 Å². The summed E-state index contributed by atoms with van der Waals surface area (Å²) < 4.78 is 39.9. The molecule has 2 heterocycles. The van der Waals surface area contributed by atoms with E-state index in [1.807, 2.05) is 13.8 Å². The van der Waals surface area contributed by atoms with Crippen molar-refractivity contribution in [3.8, 4) is 11.5 Å². The minimum Gasteiger partial charge on any atom is -0.495 e. The summed E-state index contributed by atoms with van der Waals surface area (Å²) in [6.45, 7) is 7.02. The zero-order valence-corrected chi connectivity index (χ0v) is 21.4. The number of benzene rings is 1. The summed E-state index contributed by atoms with van der Waals surface area (Å²) in [6.07, 6.45) is 1.61. The molecule has 0 radical (unpaired) electrons. The average molecular weight is 513 g/mol. The lowest BCUT2D eigenvalue weighted by Gasteiger charge is -2.43. The molecule has 1 aromatic carbocycles. The van der Waals surface area contributed by atoms with Crippen molar-refractivity contribution in [2.75, 3.05) is 26.8 Å². The van der Waals surface area contributed by atoms with Crippen molar-refractivity contribution in [1.29, 1.82) is 0 Å². The van der Waals surface area contributed by atoms with Crippen molar-refractivity contribution in [3.63, 3.8) is 0 Å². The van der Waals surface area contributed by atoms with Gasteiger partial charge >= 0.3 is 0 Å². The Morgan fingerprint density at radius 1 is 1.41 bits per heavy atom. The van der Waals surface area contributed by atoms with Crippen LogP contribution in [0.5, 0.6) is 11.5 Å². The van der Waals surface area contributed by atoms with Crippen LogP contribution < -0.4 is 30.1 Å². The van der Waals surface area contributed by atoms with Crippen LogP contribution in [-0.2, 0) is 19.6 Å². The van der Waals surface area contributed by atoms with Crippen molar-refractivity contribution in [3.05, 3.63) is 17.7 Å². The molecule has 0 aromatic heterocycles. The molecular formula is C22H32N4O6S2. The molecule has 0 spiro atoms. The molecule has 2 amide bonds. The van der Waals surface area contributed by atoms with Gasteiger partial charge in [0.2, 0.25) is 12.3 Å². The molecule has 4 atom stereocenters. The predicted octanol–water partition coefficient (Wildman–Crippen LogP) is 1.01. The summed E-state index contributed by atoms with van der Waals surface area (Å²) in [5.74, 6) is 0.0450. The molecule has 1 fully saturated rings. The maximum Gasteiger partial charge on any atom is 0.267 e. The zero-order valence-electron chi connectivity index (χ0n) is 19.8. The Morgan fingerprint density at radius 3 is 2.71 bits per heavy atom. The smallest absolute Gasteiger partial charge is 0.267 e. The predicted molar refractivity (Wildman–Crippen MR) is 130 cm³/mol. The number of hydrogen-bond donors (Lipinski definition) is 4. The molecule has 34 heavy (non-hydrogen) atoms. The number of rotatable bonds is 9. The van der Waals surface area contributed by atoms with E-state index >= 15 is 0 Å². The Kier molecular flexibility index (Phi) is 7.91. The van der Waals surface area contributed by atoms with Crippen LogP contribution in [-0.4, -0.2) is 58.7 Å². The lowest BCUT2D eigenvalue weighted by molar-refractivity contribution is -0.132. The molecule has 1 saturated heterocycles. The number of methoxy groups -OCH3 is 1. The van der Waals surface area contributed by atoms with Crippen molar-refractivity contribution in [2.24, 2.45) is 11.3 Å². The van der Waals surface area contributed by atoms with Gasteiger partial charge in [-0.3, -0.25) is 14.3 Å². The number of amides is 2. The second-order valence-electron chi connectivity index (χ2n) is 8.52. The van der Waals surface area contributed by atoms with Gasteiger partial charge in [-0.15, -0.1) is 0 Å². The highest BCUT2D eigenvalue weighted by Gasteiger charge is 2.55. The molecule has 12 heteroatoms. The standard InChI is InChI=1S/C22H32N4O6S2/c1-5-22(13(3)11-24-20(22)28)19(25-12-27)14-7-8-32-16-10-17(31-4)18(9-15(14)16)34(29,30)26-21(33)23-6-2/h9-10,12-14,19H,5-8,11H2,1-4H3,(H,24,28)(H,25,27)(H2,23,26,33). The van der Waals surface area contributed by atoms with Crippen molar-refractivity contribution in [2.45, 2.75) is 50.5 Å². The van der Waals surface area contributed by atoms with Gasteiger partial charge < -0.3 is 25.4 Å². The lowest BCUT2D eigenvalue weighted by atomic mass is 9.64. The third-order valence-electron chi connectivity index (χ3n) is 6.90. The quantitative estimate of drug-likeness (QED) is 0.285. The highest BCUT2D eigenvalue weighted by Crippen LogP contribution is 2.49. The van der Waals surface area contributed by atoms with E-state index in [4.69, 9.17) is 21.7 Å². The van der Waals surface area contributed by atoms with E-state index in [0.29, 0.717) is 50.3 Å². The van der Waals surface area contributed by atoms with Crippen molar-refractivity contribution in [1.82, 2.24) is 20.7 Å². The van der Waals surface area contributed by atoms with Crippen LogP contribution in [0.15, 0.2) is 17.0 Å². The minimum absolute atomic E-state index is 0.0306. The van der Waals surface area contributed by atoms with Gasteiger partial charge in [0.1, 0.15) is 16.4 Å². The Morgan fingerprint density at radius 2 is 2.15 bits per heavy atom. The van der Waals surface area contributed by atoms with Crippen LogP contribution in [0.1, 0.15) is 45.1 Å². The molecule has 4 N–H and O–H groups in total. The van der Waals surface area contributed by atoms with Gasteiger partial charge in [-0.1, -0.05) is 13.8 Å². The van der Waals surface area contributed by atoms with Gasteiger partial charge in [0.05, 0.1) is 25.2 Å². The first-order valence-corrected chi connectivity index (χ1v) is 13.2. The first-order valence-electron chi connectivity index (χ1n) is 11.3. The second kappa shape index (κ2) is 10.3. The SMILES string of the molecule is CCNC(=S)NS(=O)(=O)c1cc2c(cc1OC)OCCC2C(NC=O)C1(CC)C(=O)NCC1C. The molecule has 0 bridgehead atoms. The molecule has 0 aliphatic carbocycles. The Labute approximate surface area is 205 Å². The summed E-state index contributed by atoms with van der Waals surface area (Å²) in [5.41, 5.74) is -0.259. The van der Waals surface area contributed by atoms with Crippen LogP contribution in [0.2, 0.25) is 0 Å². The molecule has 3 rings (SSSR count). The average Bonchev–Trinajstić information content (AvgIpc) is 3.09. The fraction of sp³-hybridized carbons (Fsp3) is 0.591. The molecular weight excluding hydrogens is 480 g/mol. The van der Waals surface area contributed by atoms with Gasteiger partial charge in [-0.2, -0.15) is 0 Å². The first-order chi connectivity index (χ1) is 16.2. The van der Waals surface area contributed by atoms with E-state index in [1.165, 1.54) is 19.2 Å². The highest BCUT2D eigenvalue weighted by molar-refractivity contribution is 7.92. The van der Waals surface area contributed by atoms with Crippen LogP contribution in [0.4, 0.5) is 0 Å². The van der Waals surface area contributed by atoms with E-state index in [9.17, 15) is 18.0 Å². The van der Waals surface area contributed by atoms with Crippen LogP contribution in [0, 0.1) is 11.3 Å². The van der Waals surface area contributed by atoms with E-state index < -0.39 is 21.5 Å². The maximum atomic E-state index is 13.2. The third kappa shape index (κ3) is 4.52. The molecule has 0 saturated carbocycles. The minimum atomic E-state index is -4.08. The second-order valence-corrected chi connectivity index (χ2v) is 10.6. The number of sulfonamides is 1. The maximum absolute atomic E-state index is 13.2. The van der Waals surface area contributed by atoms with Gasteiger partial charge in [0.15, 0.2) is 5.11 Å². The fourth-order valence-corrected chi connectivity index (χ4v) is 6.79. The van der Waals surface area contributed by atoms with Gasteiger partial charge in [0.25, 0.3) is 10.0 Å². The summed E-state index contributed by atoms with van der Waals surface area (Å²) >= 11 is 5.07. The van der Waals surface area contributed by atoms with Crippen molar-refractivity contribution >= 4 is 39.7 Å². The number of fused-ring (bicyclic) bond motifs is 1. The number of carbonyl (C=O) groups is 2. The number of hydrogen-bond acceptors (Lipinski definition) is 7. The topological polar surface area (TPSA) is 135 Å². The summed E-state index contributed by atoms with van der Waals surface area (Å²) in [7, 11) is -2.71. The lowest BCUT2D eigenvalue weighted by Crippen LogP contribution is -2.55. The fourth-order valence-electron chi connectivity index (χ4n) is 5.20. The van der Waals surface area contributed by atoms with E-state index in [1.54, 1.807) is 6.92 Å². The van der Waals surface area contributed by atoms with Gasteiger partial charge in [-0.05, 0) is 44.0 Å². The van der Waals surface area contributed by atoms with Crippen molar-refractivity contribution < 1.29 is 27.5 Å². The Hall–Kier alpha value is -2.60.